The number of carbonyl (C=O) groups excluding carboxylic acids is 2. The van der Waals surface area contributed by atoms with Gasteiger partial charge in [-0.3, -0.25) is 23.6 Å². The highest BCUT2D eigenvalue weighted by molar-refractivity contribution is 6.31. The molecule has 0 aliphatic heterocycles. The molecular formula is C23H25ClN8O2. The molecule has 0 aliphatic rings. The van der Waals surface area contributed by atoms with E-state index >= 15 is 0 Å². The maximum Gasteiger partial charge on any atom is 0.271 e. The van der Waals surface area contributed by atoms with Crippen LogP contribution in [0.15, 0.2) is 42.9 Å². The van der Waals surface area contributed by atoms with Crippen molar-refractivity contribution < 1.29 is 9.59 Å². The third-order valence-corrected chi connectivity index (χ3v) is 5.98. The van der Waals surface area contributed by atoms with Gasteiger partial charge >= 0.3 is 0 Å². The van der Waals surface area contributed by atoms with E-state index < -0.39 is 0 Å². The normalized spacial score (nSPS) is 11.0. The number of rotatable bonds is 7. The minimum absolute atomic E-state index is 0.255. The number of hydrogen-bond acceptors (Lipinski definition) is 5. The highest BCUT2D eigenvalue weighted by Crippen LogP contribution is 2.21. The second-order valence-electron chi connectivity index (χ2n) is 8.03. The van der Waals surface area contributed by atoms with Crippen LogP contribution in [0, 0.1) is 13.8 Å². The van der Waals surface area contributed by atoms with Crippen LogP contribution in [0.25, 0.3) is 0 Å². The summed E-state index contributed by atoms with van der Waals surface area (Å²) in [4.78, 5) is 25.8. The summed E-state index contributed by atoms with van der Waals surface area (Å²) in [5, 5.41) is 18.9. The third kappa shape index (κ3) is 4.86. The van der Waals surface area contributed by atoms with E-state index in [2.05, 4.69) is 25.9 Å². The molecule has 3 aromatic heterocycles. The third-order valence-electron chi connectivity index (χ3n) is 5.43. The Kier molecular flexibility index (Phi) is 6.51. The minimum atomic E-state index is -0.352. The fourth-order valence-electron chi connectivity index (χ4n) is 3.63. The van der Waals surface area contributed by atoms with Crippen molar-refractivity contribution in [3.63, 3.8) is 0 Å². The first-order chi connectivity index (χ1) is 16.2. The molecule has 4 rings (SSSR count). The summed E-state index contributed by atoms with van der Waals surface area (Å²) >= 11 is 6.25. The second-order valence-corrected chi connectivity index (χ2v) is 8.41. The van der Waals surface area contributed by atoms with E-state index in [0.29, 0.717) is 29.4 Å². The Morgan fingerprint density at radius 3 is 2.53 bits per heavy atom. The number of benzene rings is 1. The maximum absolute atomic E-state index is 13.0. The zero-order valence-electron chi connectivity index (χ0n) is 19.3. The Hall–Kier alpha value is -3.92. The molecule has 4 aromatic rings. The molecular weight excluding hydrogens is 456 g/mol. The maximum atomic E-state index is 13.0. The zero-order chi connectivity index (χ0) is 24.4. The molecule has 11 heteroatoms. The van der Waals surface area contributed by atoms with Gasteiger partial charge in [0.25, 0.3) is 11.8 Å². The predicted octanol–water partition coefficient (Wildman–Crippen LogP) is 2.85. The van der Waals surface area contributed by atoms with E-state index in [9.17, 15) is 9.59 Å². The van der Waals surface area contributed by atoms with Gasteiger partial charge in [0.2, 0.25) is 0 Å². The summed E-state index contributed by atoms with van der Waals surface area (Å²) in [7, 11) is 3.45. The average Bonchev–Trinajstić information content (AvgIpc) is 3.46. The number of nitrogens with zero attached hydrogens (tertiary/aromatic N) is 6. The second kappa shape index (κ2) is 9.52. The van der Waals surface area contributed by atoms with Gasteiger partial charge in [-0.15, -0.1) is 0 Å². The molecule has 0 saturated carbocycles. The molecule has 2 amide bonds. The van der Waals surface area contributed by atoms with E-state index in [1.54, 1.807) is 34.7 Å². The molecule has 34 heavy (non-hydrogen) atoms. The van der Waals surface area contributed by atoms with E-state index in [1.165, 1.54) is 10.9 Å². The Balaban J connectivity index is 1.47. The van der Waals surface area contributed by atoms with Crippen LogP contribution in [-0.4, -0.2) is 41.2 Å². The largest absolute Gasteiger partial charge is 0.346 e. The number of nitrogens with one attached hydrogen (secondary N) is 2. The number of amides is 2. The molecule has 0 bridgehead atoms. The number of anilines is 1. The fraction of sp³-hybridized carbons (Fsp3) is 0.261. The van der Waals surface area contributed by atoms with Gasteiger partial charge in [-0.2, -0.15) is 15.3 Å². The van der Waals surface area contributed by atoms with E-state index in [1.807, 2.05) is 39.2 Å². The van der Waals surface area contributed by atoms with Crippen molar-refractivity contribution in [2.45, 2.75) is 26.9 Å². The Morgan fingerprint density at radius 2 is 1.85 bits per heavy atom. The molecule has 0 saturated heterocycles. The van der Waals surface area contributed by atoms with Crippen molar-refractivity contribution in [3.8, 4) is 0 Å². The van der Waals surface area contributed by atoms with Crippen LogP contribution in [0.5, 0.6) is 0 Å². The number of hydrogen-bond donors (Lipinski definition) is 2. The number of aryl methyl sites for hydroxylation is 3. The van der Waals surface area contributed by atoms with Crippen molar-refractivity contribution >= 4 is 29.1 Å². The number of aromatic nitrogens is 6. The van der Waals surface area contributed by atoms with E-state index in [4.69, 9.17) is 11.6 Å². The van der Waals surface area contributed by atoms with Gasteiger partial charge in [0.05, 0.1) is 41.0 Å². The summed E-state index contributed by atoms with van der Waals surface area (Å²) in [6.07, 6.45) is 4.96. The topological polar surface area (TPSA) is 112 Å². The molecule has 0 unspecified atom stereocenters. The lowest BCUT2D eigenvalue weighted by Crippen LogP contribution is -2.26. The first kappa shape index (κ1) is 23.2. The molecule has 2 N–H and O–H groups in total. The predicted molar refractivity (Wildman–Crippen MR) is 128 cm³/mol. The van der Waals surface area contributed by atoms with Crippen LogP contribution >= 0.6 is 11.6 Å². The number of carbonyl (C=O) groups is 2. The van der Waals surface area contributed by atoms with Gasteiger partial charge in [0.15, 0.2) is 0 Å². The van der Waals surface area contributed by atoms with Gasteiger partial charge < -0.3 is 10.6 Å². The van der Waals surface area contributed by atoms with E-state index in [0.717, 1.165) is 22.5 Å². The van der Waals surface area contributed by atoms with Gasteiger partial charge in [0.1, 0.15) is 5.69 Å². The standard InChI is InChI=1S/C23H25ClN8O2/c1-14-20(24)15(2)32(29-14)13-16-6-5-7-18(8-16)22(33)28-19-11-27-31(4)21(19)23(34)25-9-17-10-26-30(3)12-17/h5-8,10-12H,9,13H2,1-4H3,(H,25,34)(H,28,33). The van der Waals surface area contributed by atoms with Crippen molar-refractivity contribution in [1.29, 1.82) is 0 Å². The Bertz CT molecular complexity index is 1370. The summed E-state index contributed by atoms with van der Waals surface area (Å²) < 4.78 is 4.90. The van der Waals surface area contributed by atoms with Crippen LogP contribution in [-0.2, 0) is 27.2 Å². The molecule has 176 valence electrons. The summed E-state index contributed by atoms with van der Waals surface area (Å²) in [5.41, 5.74) is 4.43. The molecule has 0 fully saturated rings. The van der Waals surface area contributed by atoms with Crippen LogP contribution in [0.1, 0.15) is 43.4 Å². The molecule has 0 atom stereocenters. The van der Waals surface area contributed by atoms with Crippen molar-refractivity contribution in [1.82, 2.24) is 34.7 Å². The lowest BCUT2D eigenvalue weighted by molar-refractivity contribution is 0.0942. The van der Waals surface area contributed by atoms with Gasteiger partial charge in [0, 0.05) is 38.0 Å². The molecule has 0 radical (unpaired) electrons. The average molecular weight is 481 g/mol. The highest BCUT2D eigenvalue weighted by Gasteiger charge is 2.20. The van der Waals surface area contributed by atoms with Crippen LogP contribution in [0.3, 0.4) is 0 Å². The van der Waals surface area contributed by atoms with Crippen LogP contribution in [0.4, 0.5) is 5.69 Å². The summed E-state index contributed by atoms with van der Waals surface area (Å²) in [5.74, 6) is -0.697. The minimum Gasteiger partial charge on any atom is -0.346 e. The van der Waals surface area contributed by atoms with Crippen LogP contribution in [0.2, 0.25) is 5.02 Å². The Morgan fingerprint density at radius 1 is 1.06 bits per heavy atom. The SMILES string of the molecule is Cc1nn(Cc2cccc(C(=O)Nc3cnn(C)c3C(=O)NCc3cnn(C)c3)c2)c(C)c1Cl. The Labute approximate surface area is 201 Å². The summed E-state index contributed by atoms with van der Waals surface area (Å²) in [6, 6.07) is 7.23. The first-order valence-corrected chi connectivity index (χ1v) is 11.0. The van der Waals surface area contributed by atoms with Gasteiger partial charge in [-0.05, 0) is 31.5 Å². The lowest BCUT2D eigenvalue weighted by atomic mass is 10.1. The molecule has 1 aromatic carbocycles. The van der Waals surface area contributed by atoms with Crippen molar-refractivity contribution in [3.05, 3.63) is 81.7 Å². The molecule has 10 nitrogen and oxygen atoms in total. The van der Waals surface area contributed by atoms with Gasteiger partial charge in [-0.1, -0.05) is 23.7 Å². The highest BCUT2D eigenvalue weighted by atomic mass is 35.5. The zero-order valence-corrected chi connectivity index (χ0v) is 20.1. The number of halogens is 1. The smallest absolute Gasteiger partial charge is 0.271 e. The molecule has 0 spiro atoms. The first-order valence-electron chi connectivity index (χ1n) is 10.6. The molecule has 0 aliphatic carbocycles. The lowest BCUT2D eigenvalue weighted by Gasteiger charge is -2.10. The fourth-order valence-corrected chi connectivity index (χ4v) is 3.77. The van der Waals surface area contributed by atoms with Crippen molar-refractivity contribution in [2.24, 2.45) is 14.1 Å². The van der Waals surface area contributed by atoms with Gasteiger partial charge in [-0.25, -0.2) is 0 Å². The molecule has 3 heterocycles. The quantitative estimate of drug-likeness (QED) is 0.422. The van der Waals surface area contributed by atoms with Crippen LogP contribution < -0.4 is 10.6 Å². The van der Waals surface area contributed by atoms with E-state index in [-0.39, 0.29) is 17.5 Å². The monoisotopic (exact) mass is 480 g/mol. The summed E-state index contributed by atoms with van der Waals surface area (Å²) in [6.45, 7) is 4.55. The van der Waals surface area contributed by atoms with Crippen molar-refractivity contribution in [2.75, 3.05) is 5.32 Å².